The molecule has 3 amide bonds. The van der Waals surface area contributed by atoms with Crippen molar-refractivity contribution < 1.29 is 23.9 Å². The van der Waals surface area contributed by atoms with Crippen LogP contribution in [0.5, 0.6) is 11.5 Å². The predicted octanol–water partition coefficient (Wildman–Crippen LogP) is 3.56. The number of nitrogens with one attached hydrogen (secondary N) is 3. The number of carbonyl (C=O) groups excluding carboxylic acids is 3. The van der Waals surface area contributed by atoms with Gasteiger partial charge in [0.2, 0.25) is 12.7 Å². The molecule has 1 aliphatic rings. The van der Waals surface area contributed by atoms with Gasteiger partial charge < -0.3 is 25.4 Å². The van der Waals surface area contributed by atoms with Gasteiger partial charge in [-0.2, -0.15) is 0 Å². The van der Waals surface area contributed by atoms with Gasteiger partial charge in [-0.3, -0.25) is 14.4 Å². The number of carbonyl (C=O) groups is 3. The molecule has 0 saturated carbocycles. The Hall–Kier alpha value is -4.33. The molecule has 8 heteroatoms. The second-order valence-electron chi connectivity index (χ2n) is 7.13. The van der Waals surface area contributed by atoms with Gasteiger partial charge in [0, 0.05) is 30.8 Å². The lowest BCUT2D eigenvalue weighted by Gasteiger charge is -2.12. The Bertz CT molecular complexity index is 1170. The highest BCUT2D eigenvalue weighted by Crippen LogP contribution is 2.34. The van der Waals surface area contributed by atoms with E-state index in [0.29, 0.717) is 40.5 Å². The first kappa shape index (κ1) is 20.9. The Balaban J connectivity index is 1.45. The minimum absolute atomic E-state index is 0.123. The Labute approximate surface area is 184 Å². The molecule has 3 N–H and O–H groups in total. The van der Waals surface area contributed by atoms with Crippen LogP contribution in [-0.2, 0) is 11.3 Å². The van der Waals surface area contributed by atoms with Gasteiger partial charge in [-0.25, -0.2) is 0 Å². The zero-order valence-corrected chi connectivity index (χ0v) is 17.3. The summed E-state index contributed by atoms with van der Waals surface area (Å²) in [6, 6.07) is 18.8. The highest BCUT2D eigenvalue weighted by molar-refractivity contribution is 6.12. The number of ether oxygens (including phenoxy) is 2. The fourth-order valence-electron chi connectivity index (χ4n) is 3.16. The standard InChI is InChI=1S/C24H21N3O5/c1-15(28)25-13-16-6-8-17(9-7-16)23(29)27-20-5-3-2-4-19(20)24(30)26-18-10-11-21-22(12-18)32-14-31-21/h2-12H,13-14H2,1H3,(H,25,28)(H,26,30)(H,27,29). The van der Waals surface area contributed by atoms with Crippen LogP contribution in [0.15, 0.2) is 66.7 Å². The summed E-state index contributed by atoms with van der Waals surface area (Å²) in [6.45, 7) is 1.98. The number of hydrogen-bond acceptors (Lipinski definition) is 5. The van der Waals surface area contributed by atoms with E-state index in [2.05, 4.69) is 16.0 Å². The summed E-state index contributed by atoms with van der Waals surface area (Å²) in [6.07, 6.45) is 0. The van der Waals surface area contributed by atoms with E-state index >= 15 is 0 Å². The van der Waals surface area contributed by atoms with Crippen molar-refractivity contribution in [2.45, 2.75) is 13.5 Å². The van der Waals surface area contributed by atoms with Gasteiger partial charge in [-0.1, -0.05) is 24.3 Å². The van der Waals surface area contributed by atoms with Crippen molar-refractivity contribution in [3.05, 3.63) is 83.4 Å². The van der Waals surface area contributed by atoms with Gasteiger partial charge in [0.25, 0.3) is 11.8 Å². The van der Waals surface area contributed by atoms with E-state index in [0.717, 1.165) is 5.56 Å². The van der Waals surface area contributed by atoms with Gasteiger partial charge in [0.1, 0.15) is 0 Å². The molecule has 1 aliphatic heterocycles. The average Bonchev–Trinajstić information content (AvgIpc) is 3.26. The van der Waals surface area contributed by atoms with Crippen LogP contribution in [0.4, 0.5) is 11.4 Å². The first-order valence-corrected chi connectivity index (χ1v) is 9.94. The molecular weight excluding hydrogens is 410 g/mol. The van der Waals surface area contributed by atoms with Crippen LogP contribution in [0, 0.1) is 0 Å². The fourth-order valence-corrected chi connectivity index (χ4v) is 3.16. The lowest BCUT2D eigenvalue weighted by atomic mass is 10.1. The number of rotatable bonds is 6. The van der Waals surface area contributed by atoms with Crippen molar-refractivity contribution >= 4 is 29.1 Å². The normalized spacial score (nSPS) is 11.5. The van der Waals surface area contributed by atoms with E-state index in [-0.39, 0.29) is 24.5 Å². The monoisotopic (exact) mass is 431 g/mol. The fraction of sp³-hybridized carbons (Fsp3) is 0.125. The summed E-state index contributed by atoms with van der Waals surface area (Å²) >= 11 is 0. The number of fused-ring (bicyclic) bond motifs is 1. The van der Waals surface area contributed by atoms with E-state index in [1.54, 1.807) is 66.7 Å². The highest BCUT2D eigenvalue weighted by atomic mass is 16.7. The van der Waals surface area contributed by atoms with E-state index in [1.165, 1.54) is 6.92 Å². The van der Waals surface area contributed by atoms with Gasteiger partial charge in [0.05, 0.1) is 11.3 Å². The third kappa shape index (κ3) is 4.86. The van der Waals surface area contributed by atoms with Gasteiger partial charge in [-0.05, 0) is 42.0 Å². The molecule has 8 nitrogen and oxygen atoms in total. The molecule has 1 heterocycles. The molecule has 0 fully saturated rings. The van der Waals surface area contributed by atoms with Crippen molar-refractivity contribution in [1.29, 1.82) is 0 Å². The molecule has 32 heavy (non-hydrogen) atoms. The largest absolute Gasteiger partial charge is 0.454 e. The van der Waals surface area contributed by atoms with E-state index in [1.807, 2.05) is 0 Å². The summed E-state index contributed by atoms with van der Waals surface area (Å²) in [5, 5.41) is 8.31. The zero-order chi connectivity index (χ0) is 22.5. The molecule has 0 aromatic heterocycles. The molecule has 0 saturated heterocycles. The summed E-state index contributed by atoms with van der Waals surface area (Å²) in [5.41, 5.74) is 2.57. The summed E-state index contributed by atoms with van der Waals surface area (Å²) in [5.74, 6) is 0.345. The van der Waals surface area contributed by atoms with Gasteiger partial charge in [-0.15, -0.1) is 0 Å². The van der Waals surface area contributed by atoms with Crippen molar-refractivity contribution in [3.8, 4) is 11.5 Å². The number of amides is 3. The number of benzene rings is 3. The molecular formula is C24H21N3O5. The molecule has 0 bridgehead atoms. The topological polar surface area (TPSA) is 106 Å². The quantitative estimate of drug-likeness (QED) is 0.554. The third-order valence-corrected chi connectivity index (χ3v) is 4.81. The first-order valence-electron chi connectivity index (χ1n) is 9.94. The molecule has 4 rings (SSSR count). The molecule has 0 spiro atoms. The van der Waals surface area contributed by atoms with E-state index in [9.17, 15) is 14.4 Å². The zero-order valence-electron chi connectivity index (χ0n) is 17.3. The minimum atomic E-state index is -0.370. The highest BCUT2D eigenvalue weighted by Gasteiger charge is 2.17. The van der Waals surface area contributed by atoms with Gasteiger partial charge in [0.15, 0.2) is 11.5 Å². The predicted molar refractivity (Wildman–Crippen MR) is 119 cm³/mol. The van der Waals surface area contributed by atoms with Crippen LogP contribution >= 0.6 is 0 Å². The van der Waals surface area contributed by atoms with E-state index in [4.69, 9.17) is 9.47 Å². The van der Waals surface area contributed by atoms with Crippen LogP contribution in [0.25, 0.3) is 0 Å². The number of anilines is 2. The van der Waals surface area contributed by atoms with Crippen LogP contribution in [0.2, 0.25) is 0 Å². The number of hydrogen-bond donors (Lipinski definition) is 3. The van der Waals surface area contributed by atoms with Crippen molar-refractivity contribution in [3.63, 3.8) is 0 Å². The Morgan fingerprint density at radius 2 is 1.59 bits per heavy atom. The average molecular weight is 431 g/mol. The van der Waals surface area contributed by atoms with Gasteiger partial charge >= 0.3 is 0 Å². The Morgan fingerprint density at radius 3 is 2.38 bits per heavy atom. The van der Waals surface area contributed by atoms with Crippen LogP contribution < -0.4 is 25.4 Å². The maximum atomic E-state index is 12.9. The maximum absolute atomic E-state index is 12.9. The second kappa shape index (κ2) is 9.22. The summed E-state index contributed by atoms with van der Waals surface area (Å²) in [7, 11) is 0. The summed E-state index contributed by atoms with van der Waals surface area (Å²) in [4.78, 5) is 36.6. The maximum Gasteiger partial charge on any atom is 0.257 e. The summed E-state index contributed by atoms with van der Waals surface area (Å²) < 4.78 is 10.6. The van der Waals surface area contributed by atoms with Crippen molar-refractivity contribution in [2.24, 2.45) is 0 Å². The molecule has 3 aromatic rings. The molecule has 162 valence electrons. The van der Waals surface area contributed by atoms with Crippen LogP contribution in [0.3, 0.4) is 0 Å². The van der Waals surface area contributed by atoms with Crippen molar-refractivity contribution in [1.82, 2.24) is 5.32 Å². The number of para-hydroxylation sites is 1. The molecule has 3 aromatic carbocycles. The Kier molecular flexibility index (Phi) is 6.03. The first-order chi connectivity index (χ1) is 15.5. The third-order valence-electron chi connectivity index (χ3n) is 4.81. The lowest BCUT2D eigenvalue weighted by Crippen LogP contribution is -2.19. The van der Waals surface area contributed by atoms with Crippen molar-refractivity contribution in [2.75, 3.05) is 17.4 Å². The lowest BCUT2D eigenvalue weighted by molar-refractivity contribution is -0.119. The minimum Gasteiger partial charge on any atom is -0.454 e. The molecule has 0 radical (unpaired) electrons. The second-order valence-corrected chi connectivity index (χ2v) is 7.13. The molecule has 0 unspecified atom stereocenters. The smallest absolute Gasteiger partial charge is 0.257 e. The SMILES string of the molecule is CC(=O)NCc1ccc(C(=O)Nc2ccccc2C(=O)Nc2ccc3c(c2)OCO3)cc1. The molecule has 0 atom stereocenters. The van der Waals surface area contributed by atoms with Crippen LogP contribution in [-0.4, -0.2) is 24.5 Å². The van der Waals surface area contributed by atoms with Crippen LogP contribution in [0.1, 0.15) is 33.2 Å². The Morgan fingerprint density at radius 1 is 0.844 bits per heavy atom. The van der Waals surface area contributed by atoms with E-state index < -0.39 is 0 Å². The molecule has 0 aliphatic carbocycles.